The van der Waals surface area contributed by atoms with Gasteiger partial charge in [-0.15, -0.1) is 0 Å². The number of benzene rings is 6. The Labute approximate surface area is 387 Å². The summed E-state index contributed by atoms with van der Waals surface area (Å²) < 4.78 is 378. The van der Waals surface area contributed by atoms with Gasteiger partial charge in [0.25, 0.3) is 0 Å². The normalized spacial score (nSPS) is 13.7. The topological polar surface area (TPSA) is 16.4 Å². The van der Waals surface area contributed by atoms with Crippen LogP contribution < -0.4 is 4.90 Å². The summed E-state index contributed by atoms with van der Waals surface area (Å²) in [6.07, 6.45) is -37.4. The first-order valence-corrected chi connectivity index (χ1v) is 19.5. The van der Waals surface area contributed by atoms with Gasteiger partial charge in [-0.1, -0.05) is 6.07 Å². The van der Waals surface area contributed by atoms with E-state index in [0.29, 0.717) is 24.3 Å². The summed E-state index contributed by atoms with van der Waals surface area (Å²) in [7, 11) is 0. The number of nitrogens with zero attached hydrogens (tertiary/aromatic N) is 1. The van der Waals surface area contributed by atoms with Gasteiger partial charge in [0.15, 0.2) is 46.5 Å². The van der Waals surface area contributed by atoms with Gasteiger partial charge in [-0.3, -0.25) is 0 Å². The van der Waals surface area contributed by atoms with E-state index in [1.807, 2.05) is 0 Å². The lowest BCUT2D eigenvalue weighted by Gasteiger charge is -2.28. The zero-order valence-corrected chi connectivity index (χ0v) is 34.6. The van der Waals surface area contributed by atoms with Crippen LogP contribution in [-0.4, -0.2) is 0 Å². The Bertz CT molecular complexity index is 3190. The van der Waals surface area contributed by atoms with Gasteiger partial charge in [0.05, 0.1) is 22.3 Å². The summed E-state index contributed by atoms with van der Waals surface area (Å²) in [6, 6.07) is 2.49. The minimum absolute atomic E-state index is 0.106. The molecule has 0 spiro atoms. The average Bonchev–Trinajstić information content (AvgIpc) is 3.62. The lowest BCUT2D eigenvalue weighted by atomic mass is 9.84. The first kappa shape index (κ1) is 53.9. The second-order valence-electron chi connectivity index (χ2n) is 15.7. The molecular formula is C45H17F26NO. The van der Waals surface area contributed by atoms with Crippen LogP contribution in [0.4, 0.5) is 131 Å². The quantitative estimate of drug-likeness (QED) is 0.111. The molecule has 0 amide bonds. The molecule has 1 atom stereocenters. The first-order chi connectivity index (χ1) is 33.3. The van der Waals surface area contributed by atoms with Crippen molar-refractivity contribution in [2.24, 2.45) is 0 Å². The van der Waals surface area contributed by atoms with Crippen LogP contribution in [0.15, 0.2) is 77.2 Å². The second kappa shape index (κ2) is 17.9. The molecule has 1 aromatic heterocycles. The number of halogens is 26. The summed E-state index contributed by atoms with van der Waals surface area (Å²) in [5.74, 6) is -26.9. The van der Waals surface area contributed by atoms with Crippen LogP contribution in [0, 0.1) is 46.5 Å². The molecule has 0 N–H and O–H groups in total. The highest BCUT2D eigenvalue weighted by molar-refractivity contribution is 6.07. The summed E-state index contributed by atoms with van der Waals surface area (Å²) >= 11 is 0. The van der Waals surface area contributed by atoms with Gasteiger partial charge in [-0.25, -0.2) is 35.1 Å². The van der Waals surface area contributed by atoms with E-state index < -0.39 is 202 Å². The third-order valence-corrected chi connectivity index (χ3v) is 11.0. The Balaban J connectivity index is 1.51. The van der Waals surface area contributed by atoms with Crippen LogP contribution in [0.5, 0.6) is 0 Å². The third-order valence-electron chi connectivity index (χ3n) is 11.0. The van der Waals surface area contributed by atoms with Crippen LogP contribution in [0.2, 0.25) is 0 Å². The van der Waals surface area contributed by atoms with Gasteiger partial charge in [0, 0.05) is 33.6 Å². The summed E-state index contributed by atoms with van der Waals surface area (Å²) in [6.45, 7) is 0. The van der Waals surface area contributed by atoms with Crippen LogP contribution in [0.25, 0.3) is 21.9 Å². The molecular weight excluding hydrogens is 1060 g/mol. The Kier molecular flexibility index (Phi) is 13.2. The van der Waals surface area contributed by atoms with Gasteiger partial charge >= 0.3 is 37.1 Å². The third kappa shape index (κ3) is 10.1. The SMILES string of the molecule is Fc1c(F)c(C(F)(F)F)c(F)c(F)c1C(CCc1cc(C(F)(F)F)cc(C(F)(F)F)c1)c1ccc2oc3ccc(N(c4cc(C(F)(F)F)cc(C(F)(F)F)c4)c4c(F)c(F)c(C(F)(F)F)c(F)c4F)cc3c2c1. The van der Waals surface area contributed by atoms with Crippen molar-refractivity contribution in [3.63, 3.8) is 0 Å². The van der Waals surface area contributed by atoms with E-state index in [2.05, 4.69) is 0 Å². The number of fused-ring (bicyclic) bond motifs is 3. The van der Waals surface area contributed by atoms with Gasteiger partial charge < -0.3 is 9.32 Å². The largest absolute Gasteiger partial charge is 0.456 e. The van der Waals surface area contributed by atoms with Crippen molar-refractivity contribution in [2.45, 2.75) is 55.8 Å². The predicted molar refractivity (Wildman–Crippen MR) is 201 cm³/mol. The van der Waals surface area contributed by atoms with Crippen LogP contribution >= 0.6 is 0 Å². The molecule has 0 aliphatic carbocycles. The van der Waals surface area contributed by atoms with E-state index in [0.717, 1.165) is 12.1 Å². The molecule has 2 nitrogen and oxygen atoms in total. The number of anilines is 3. The highest BCUT2D eigenvalue weighted by Crippen LogP contribution is 2.49. The minimum atomic E-state index is -6.24. The number of rotatable bonds is 8. The van der Waals surface area contributed by atoms with E-state index >= 15 is 35.1 Å². The highest BCUT2D eigenvalue weighted by atomic mass is 19.4. The molecule has 390 valence electrons. The molecule has 0 saturated heterocycles. The smallest absolute Gasteiger partial charge is 0.422 e. The Morgan fingerprint density at radius 1 is 0.384 bits per heavy atom. The fourth-order valence-electron chi connectivity index (χ4n) is 7.83. The maximum Gasteiger partial charge on any atom is 0.422 e. The fourth-order valence-corrected chi connectivity index (χ4v) is 7.83. The molecule has 0 bridgehead atoms. The van der Waals surface area contributed by atoms with E-state index in [4.69, 9.17) is 4.42 Å². The molecule has 0 radical (unpaired) electrons. The van der Waals surface area contributed by atoms with E-state index in [9.17, 15) is 79.0 Å². The molecule has 0 saturated carbocycles. The standard InChI is InChI=1S/C45H17F26NO/c46-31-28(32(47)34(49)29(33(31)48)44(66,67)68)23(4-1-15-7-17(40(54,55)56)10-18(8-15)41(57,58)59)16-2-5-26-24(9-16)25-14-21(3-6-27(25)73-26)72(22-12-19(42(60,61)62)11-20(13-22)43(63,64)65)39-37(52)35(50)30(45(69,70)71)36(51)38(39)53/h2-3,5-14,23H,1,4H2. The minimum Gasteiger partial charge on any atom is -0.456 e. The summed E-state index contributed by atoms with van der Waals surface area (Å²) in [4.78, 5) is -0.449. The van der Waals surface area contributed by atoms with Crippen LogP contribution in [0.3, 0.4) is 0 Å². The predicted octanol–water partition coefficient (Wildman–Crippen LogP) is 18.0. The van der Waals surface area contributed by atoms with Crippen molar-refractivity contribution < 1.29 is 119 Å². The van der Waals surface area contributed by atoms with Crippen LogP contribution in [-0.2, 0) is 43.5 Å². The maximum atomic E-state index is 15.8. The van der Waals surface area contributed by atoms with Crippen molar-refractivity contribution in [3.8, 4) is 0 Å². The van der Waals surface area contributed by atoms with Gasteiger partial charge in [0.1, 0.15) is 28.0 Å². The van der Waals surface area contributed by atoms with E-state index in [-0.39, 0.29) is 30.3 Å². The number of hydrogen-bond acceptors (Lipinski definition) is 2. The molecule has 28 heteroatoms. The van der Waals surface area contributed by atoms with Crippen molar-refractivity contribution in [3.05, 3.63) is 169 Å². The van der Waals surface area contributed by atoms with Crippen molar-refractivity contribution in [1.29, 1.82) is 0 Å². The van der Waals surface area contributed by atoms with Gasteiger partial charge in [-0.2, -0.15) is 79.0 Å². The van der Waals surface area contributed by atoms with E-state index in [1.165, 1.54) is 0 Å². The molecule has 7 rings (SSSR count). The van der Waals surface area contributed by atoms with Crippen molar-refractivity contribution in [1.82, 2.24) is 0 Å². The molecule has 0 aliphatic heterocycles. The molecule has 6 aromatic carbocycles. The van der Waals surface area contributed by atoms with Crippen molar-refractivity contribution >= 4 is 39.0 Å². The number of aryl methyl sites for hydroxylation is 1. The second-order valence-corrected chi connectivity index (χ2v) is 15.7. The van der Waals surface area contributed by atoms with Gasteiger partial charge in [0.2, 0.25) is 0 Å². The average molecular weight is 1080 g/mol. The Hall–Kier alpha value is -6.90. The lowest BCUT2D eigenvalue weighted by Crippen LogP contribution is -2.22. The van der Waals surface area contributed by atoms with Crippen molar-refractivity contribution in [2.75, 3.05) is 4.90 Å². The van der Waals surface area contributed by atoms with Gasteiger partial charge in [-0.05, 0) is 90.7 Å². The number of alkyl halides is 18. The maximum absolute atomic E-state index is 15.8. The Morgan fingerprint density at radius 3 is 1.18 bits per heavy atom. The molecule has 0 aliphatic rings. The number of hydrogen-bond donors (Lipinski definition) is 0. The highest BCUT2D eigenvalue weighted by Gasteiger charge is 2.46. The number of furan rings is 1. The lowest BCUT2D eigenvalue weighted by molar-refractivity contribution is -0.144. The zero-order valence-electron chi connectivity index (χ0n) is 34.6. The fraction of sp³-hybridized carbons (Fsp3) is 0.200. The molecule has 1 unspecified atom stereocenters. The molecule has 0 fully saturated rings. The first-order valence-electron chi connectivity index (χ1n) is 19.5. The Morgan fingerprint density at radius 2 is 0.767 bits per heavy atom. The summed E-state index contributed by atoms with van der Waals surface area (Å²) in [5, 5.41) is -1.23. The summed E-state index contributed by atoms with van der Waals surface area (Å²) in [5.41, 5.74) is -24.9. The molecule has 7 aromatic rings. The molecule has 1 heterocycles. The molecule has 73 heavy (non-hydrogen) atoms. The zero-order chi connectivity index (χ0) is 54.6. The van der Waals surface area contributed by atoms with E-state index in [1.54, 1.807) is 0 Å². The van der Waals surface area contributed by atoms with Crippen LogP contribution in [0.1, 0.15) is 62.4 Å². The monoisotopic (exact) mass is 1080 g/mol.